The van der Waals surface area contributed by atoms with Crippen LogP contribution < -0.4 is 5.32 Å². The van der Waals surface area contributed by atoms with Crippen molar-refractivity contribution in [3.05, 3.63) is 101 Å². The molecule has 1 fully saturated rings. The van der Waals surface area contributed by atoms with Gasteiger partial charge in [0.15, 0.2) is 0 Å². The van der Waals surface area contributed by atoms with Gasteiger partial charge in [0.2, 0.25) is 5.91 Å². The van der Waals surface area contributed by atoms with Gasteiger partial charge in [-0.05, 0) is 66.8 Å². The minimum atomic E-state index is -0.132. The molecule has 1 atom stereocenters. The van der Waals surface area contributed by atoms with Gasteiger partial charge in [0, 0.05) is 17.8 Å². The number of thioether (sulfide) groups is 1. The molecule has 4 rings (SSSR count). The second-order valence-corrected chi connectivity index (χ2v) is 9.01. The number of hydrogen-bond donors (Lipinski definition) is 1. The number of hydrogen-bond acceptors (Lipinski definition) is 3. The third-order valence-electron chi connectivity index (χ3n) is 5.39. The Bertz CT molecular complexity index is 1060. The maximum atomic E-state index is 12.7. The summed E-state index contributed by atoms with van der Waals surface area (Å²) in [4.78, 5) is 27.1. The van der Waals surface area contributed by atoms with Crippen molar-refractivity contribution < 1.29 is 9.59 Å². The fraction of sp³-hybridized carbons (Fsp3) is 0.231. The molecule has 3 aromatic rings. The predicted molar refractivity (Wildman–Crippen MR) is 127 cm³/mol. The average molecular weight is 431 g/mol. The minimum absolute atomic E-state index is 0.00672. The molecule has 1 aliphatic rings. The fourth-order valence-electron chi connectivity index (χ4n) is 3.92. The summed E-state index contributed by atoms with van der Waals surface area (Å²) in [5.74, 6) is 0.532. The highest BCUT2D eigenvalue weighted by Gasteiger charge is 2.32. The van der Waals surface area contributed by atoms with E-state index in [1.165, 1.54) is 5.56 Å². The van der Waals surface area contributed by atoms with Crippen LogP contribution >= 0.6 is 11.8 Å². The van der Waals surface area contributed by atoms with Gasteiger partial charge in [-0.15, -0.1) is 11.8 Å². The lowest BCUT2D eigenvalue weighted by atomic mass is 10.1. The van der Waals surface area contributed by atoms with Crippen LogP contribution in [0.1, 0.15) is 38.0 Å². The fourth-order valence-corrected chi connectivity index (χ4v) is 5.13. The van der Waals surface area contributed by atoms with E-state index in [0.29, 0.717) is 17.9 Å². The average Bonchev–Trinajstić information content (AvgIpc) is 3.12. The van der Waals surface area contributed by atoms with E-state index >= 15 is 0 Å². The second-order valence-electron chi connectivity index (χ2n) is 7.94. The number of benzene rings is 3. The molecule has 158 valence electrons. The molecule has 0 aromatic heterocycles. The lowest BCUT2D eigenvalue weighted by molar-refractivity contribution is -0.128. The Morgan fingerprint density at radius 3 is 2.35 bits per heavy atom. The lowest BCUT2D eigenvalue weighted by Crippen LogP contribution is -2.30. The van der Waals surface area contributed by atoms with Crippen LogP contribution in [0.15, 0.2) is 72.8 Å². The summed E-state index contributed by atoms with van der Waals surface area (Å²) in [5, 5.41) is 2.97. The number of carbonyl (C=O) groups excluding carboxylic acids is 2. The summed E-state index contributed by atoms with van der Waals surface area (Å²) in [6.45, 7) is 4.72. The van der Waals surface area contributed by atoms with E-state index in [1.54, 1.807) is 11.8 Å². The first-order valence-electron chi connectivity index (χ1n) is 10.4. The normalized spacial score (nSPS) is 15.9. The molecule has 4 nitrogen and oxygen atoms in total. The van der Waals surface area contributed by atoms with E-state index in [1.807, 2.05) is 73.3 Å². The first-order chi connectivity index (χ1) is 15.0. The van der Waals surface area contributed by atoms with Crippen LogP contribution in [0.2, 0.25) is 0 Å². The summed E-state index contributed by atoms with van der Waals surface area (Å²) in [6, 6.07) is 23.8. The zero-order chi connectivity index (χ0) is 21.8. The summed E-state index contributed by atoms with van der Waals surface area (Å²) in [5.41, 5.74) is 5.91. The van der Waals surface area contributed by atoms with E-state index in [4.69, 9.17) is 0 Å². The van der Waals surface area contributed by atoms with Crippen LogP contribution in [0.5, 0.6) is 0 Å². The van der Waals surface area contributed by atoms with Crippen molar-refractivity contribution in [2.45, 2.75) is 25.6 Å². The maximum absolute atomic E-state index is 12.7. The van der Waals surface area contributed by atoms with Crippen LogP contribution in [0.3, 0.4) is 0 Å². The Morgan fingerprint density at radius 2 is 1.68 bits per heavy atom. The van der Waals surface area contributed by atoms with Crippen LogP contribution in [-0.2, 0) is 11.2 Å². The zero-order valence-corrected chi connectivity index (χ0v) is 18.6. The molecule has 0 saturated carbocycles. The summed E-state index contributed by atoms with van der Waals surface area (Å²) < 4.78 is 0. The van der Waals surface area contributed by atoms with Gasteiger partial charge in [0.1, 0.15) is 5.37 Å². The molecule has 0 aliphatic carbocycles. The Hall–Kier alpha value is -3.05. The standard InChI is InChI=1S/C26H26N2O2S/c1-18-14-19(2)16-23(15-18)27-25(30)21-8-10-22(11-9-21)26-28(24(29)17-31-26)13-12-20-6-4-3-5-7-20/h3-11,14-16,26H,12-13,17H2,1-2H3,(H,27,30)/t26-/m0/s1. The Labute approximate surface area is 187 Å². The monoisotopic (exact) mass is 430 g/mol. The third-order valence-corrected chi connectivity index (χ3v) is 6.65. The van der Waals surface area contributed by atoms with Crippen LogP contribution in [0, 0.1) is 13.8 Å². The van der Waals surface area contributed by atoms with E-state index in [-0.39, 0.29) is 17.2 Å². The maximum Gasteiger partial charge on any atom is 0.255 e. The number of anilines is 1. The van der Waals surface area contributed by atoms with Crippen molar-refractivity contribution in [1.82, 2.24) is 4.90 Å². The Morgan fingerprint density at radius 1 is 1.00 bits per heavy atom. The van der Waals surface area contributed by atoms with E-state index in [0.717, 1.165) is 28.8 Å². The molecule has 1 N–H and O–H groups in total. The highest BCUT2D eigenvalue weighted by Crippen LogP contribution is 2.38. The van der Waals surface area contributed by atoms with Crippen molar-refractivity contribution in [2.24, 2.45) is 0 Å². The van der Waals surface area contributed by atoms with E-state index < -0.39 is 0 Å². The molecular formula is C26H26N2O2S. The van der Waals surface area contributed by atoms with Crippen molar-refractivity contribution >= 4 is 29.3 Å². The number of nitrogens with zero attached hydrogens (tertiary/aromatic N) is 1. The van der Waals surface area contributed by atoms with Gasteiger partial charge in [0.25, 0.3) is 5.91 Å². The number of nitrogens with one attached hydrogen (secondary N) is 1. The van der Waals surface area contributed by atoms with Gasteiger partial charge >= 0.3 is 0 Å². The molecule has 5 heteroatoms. The number of carbonyl (C=O) groups is 2. The number of aryl methyl sites for hydroxylation is 2. The van der Waals surface area contributed by atoms with E-state index in [9.17, 15) is 9.59 Å². The molecule has 0 spiro atoms. The first-order valence-corrected chi connectivity index (χ1v) is 11.5. The SMILES string of the molecule is Cc1cc(C)cc(NC(=O)c2ccc([C@@H]3SCC(=O)N3CCc3ccccc3)cc2)c1. The lowest BCUT2D eigenvalue weighted by Gasteiger charge is -2.24. The summed E-state index contributed by atoms with van der Waals surface area (Å²) in [7, 11) is 0. The van der Waals surface area contributed by atoms with Gasteiger partial charge < -0.3 is 10.2 Å². The molecule has 3 aromatic carbocycles. The van der Waals surface area contributed by atoms with Gasteiger partial charge in [-0.2, -0.15) is 0 Å². The topological polar surface area (TPSA) is 49.4 Å². The molecule has 1 saturated heterocycles. The molecular weight excluding hydrogens is 404 g/mol. The highest BCUT2D eigenvalue weighted by molar-refractivity contribution is 8.00. The quantitative estimate of drug-likeness (QED) is 0.572. The van der Waals surface area contributed by atoms with Crippen LogP contribution in [-0.4, -0.2) is 29.0 Å². The highest BCUT2D eigenvalue weighted by atomic mass is 32.2. The molecule has 2 amide bonds. The molecule has 0 bridgehead atoms. The Kier molecular flexibility index (Phi) is 6.42. The summed E-state index contributed by atoms with van der Waals surface area (Å²) >= 11 is 1.64. The van der Waals surface area contributed by atoms with Crippen molar-refractivity contribution in [2.75, 3.05) is 17.6 Å². The molecule has 1 aliphatic heterocycles. The molecule has 0 radical (unpaired) electrons. The van der Waals surface area contributed by atoms with Gasteiger partial charge in [-0.25, -0.2) is 0 Å². The molecule has 0 unspecified atom stereocenters. The number of amides is 2. The molecule has 31 heavy (non-hydrogen) atoms. The van der Waals surface area contributed by atoms with Gasteiger partial charge in [0.05, 0.1) is 5.75 Å². The second kappa shape index (κ2) is 9.40. The zero-order valence-electron chi connectivity index (χ0n) is 17.8. The van der Waals surface area contributed by atoms with Gasteiger partial charge in [-0.3, -0.25) is 9.59 Å². The smallest absolute Gasteiger partial charge is 0.255 e. The number of rotatable bonds is 6. The third kappa shape index (κ3) is 5.17. The van der Waals surface area contributed by atoms with Crippen LogP contribution in [0.25, 0.3) is 0 Å². The minimum Gasteiger partial charge on any atom is -0.326 e. The molecule has 1 heterocycles. The van der Waals surface area contributed by atoms with Crippen molar-refractivity contribution in [3.8, 4) is 0 Å². The summed E-state index contributed by atoms with van der Waals surface area (Å²) in [6.07, 6.45) is 0.833. The van der Waals surface area contributed by atoms with Crippen molar-refractivity contribution in [3.63, 3.8) is 0 Å². The predicted octanol–water partition coefficient (Wildman–Crippen LogP) is 5.37. The Balaban J connectivity index is 1.43. The van der Waals surface area contributed by atoms with Crippen molar-refractivity contribution in [1.29, 1.82) is 0 Å². The van der Waals surface area contributed by atoms with E-state index in [2.05, 4.69) is 23.5 Å². The first kappa shape index (κ1) is 21.2. The van der Waals surface area contributed by atoms with Gasteiger partial charge in [-0.1, -0.05) is 48.5 Å². The van der Waals surface area contributed by atoms with Crippen LogP contribution in [0.4, 0.5) is 5.69 Å². The largest absolute Gasteiger partial charge is 0.326 e.